The molecule has 1 saturated heterocycles. The first-order chi connectivity index (χ1) is 12.8. The monoisotopic (exact) mass is 367 g/mol. The Morgan fingerprint density at radius 1 is 1.19 bits per heavy atom. The minimum atomic E-state index is -0.507. The summed E-state index contributed by atoms with van der Waals surface area (Å²) in [5, 5.41) is 13.9. The van der Waals surface area contributed by atoms with Crippen molar-refractivity contribution in [3.05, 3.63) is 68.8 Å². The third-order valence-corrected chi connectivity index (χ3v) is 5.01. The van der Waals surface area contributed by atoms with Gasteiger partial charge in [0.15, 0.2) is 0 Å². The molecule has 2 amide bonds. The van der Waals surface area contributed by atoms with E-state index in [2.05, 4.69) is 5.32 Å². The van der Waals surface area contributed by atoms with Crippen LogP contribution in [-0.4, -0.2) is 29.3 Å². The van der Waals surface area contributed by atoms with Crippen LogP contribution in [0.1, 0.15) is 33.5 Å². The summed E-state index contributed by atoms with van der Waals surface area (Å²) in [7, 11) is 0. The normalized spacial score (nSPS) is 16.5. The van der Waals surface area contributed by atoms with Gasteiger partial charge in [0.05, 0.1) is 11.0 Å². The van der Waals surface area contributed by atoms with Crippen LogP contribution in [0, 0.1) is 30.9 Å². The molecule has 1 fully saturated rings. The van der Waals surface area contributed by atoms with Gasteiger partial charge in [0, 0.05) is 35.8 Å². The van der Waals surface area contributed by atoms with Gasteiger partial charge in [0.1, 0.15) is 0 Å². The number of hydrogen-bond donors (Lipinski definition) is 1. The van der Waals surface area contributed by atoms with Gasteiger partial charge in [0.25, 0.3) is 11.6 Å². The molecule has 0 aromatic heterocycles. The van der Waals surface area contributed by atoms with E-state index in [1.54, 1.807) is 17.9 Å². The van der Waals surface area contributed by atoms with E-state index in [-0.39, 0.29) is 29.6 Å². The summed E-state index contributed by atoms with van der Waals surface area (Å²) in [5.41, 5.74) is 3.53. The molecule has 2 aromatic rings. The highest BCUT2D eigenvalue weighted by Gasteiger charge is 2.32. The van der Waals surface area contributed by atoms with Gasteiger partial charge >= 0.3 is 0 Å². The number of nitrogens with one attached hydrogen (secondary N) is 1. The standard InChI is InChI=1S/C20H21N3O4/c1-12-7-8-16(9-13(12)2)22-11-15(10-19(22)24)21-20(25)17-5-4-6-18(14(17)3)23(26)27/h4-9,15H,10-11H2,1-3H3,(H,21,25). The number of hydrogen-bond acceptors (Lipinski definition) is 4. The van der Waals surface area contributed by atoms with E-state index >= 15 is 0 Å². The van der Waals surface area contributed by atoms with Crippen molar-refractivity contribution in [1.29, 1.82) is 0 Å². The topological polar surface area (TPSA) is 92.6 Å². The Morgan fingerprint density at radius 2 is 1.93 bits per heavy atom. The SMILES string of the molecule is Cc1ccc(N2CC(NC(=O)c3cccc([N+](=O)[O-])c3C)CC2=O)cc1C. The van der Waals surface area contributed by atoms with Crippen molar-refractivity contribution >= 4 is 23.2 Å². The summed E-state index contributed by atoms with van der Waals surface area (Å²) in [6.45, 7) is 5.92. The number of anilines is 1. The second-order valence-corrected chi connectivity index (χ2v) is 6.85. The number of aryl methyl sites for hydroxylation is 2. The van der Waals surface area contributed by atoms with E-state index in [4.69, 9.17) is 0 Å². The Hall–Kier alpha value is -3.22. The Labute approximate surface area is 157 Å². The third-order valence-electron chi connectivity index (χ3n) is 5.01. The molecule has 27 heavy (non-hydrogen) atoms. The molecule has 1 N–H and O–H groups in total. The lowest BCUT2D eigenvalue weighted by Gasteiger charge is -2.18. The quantitative estimate of drug-likeness (QED) is 0.664. The Balaban J connectivity index is 1.75. The van der Waals surface area contributed by atoms with E-state index in [0.29, 0.717) is 12.1 Å². The highest BCUT2D eigenvalue weighted by molar-refractivity contribution is 6.00. The van der Waals surface area contributed by atoms with E-state index in [1.807, 2.05) is 32.0 Å². The molecule has 1 unspecified atom stereocenters. The van der Waals surface area contributed by atoms with Crippen LogP contribution >= 0.6 is 0 Å². The first kappa shape index (κ1) is 18.6. The Kier molecular flexibility index (Phi) is 4.94. The van der Waals surface area contributed by atoms with Crippen molar-refractivity contribution in [2.75, 3.05) is 11.4 Å². The van der Waals surface area contributed by atoms with Gasteiger partial charge in [-0.25, -0.2) is 0 Å². The van der Waals surface area contributed by atoms with Crippen molar-refractivity contribution < 1.29 is 14.5 Å². The van der Waals surface area contributed by atoms with Crippen LogP contribution in [0.2, 0.25) is 0 Å². The van der Waals surface area contributed by atoms with Crippen LogP contribution in [-0.2, 0) is 4.79 Å². The molecule has 0 bridgehead atoms. The maximum absolute atomic E-state index is 12.6. The number of carbonyl (C=O) groups excluding carboxylic acids is 2. The summed E-state index contributed by atoms with van der Waals surface area (Å²) in [4.78, 5) is 37.2. The minimum Gasteiger partial charge on any atom is -0.347 e. The average molecular weight is 367 g/mol. The van der Waals surface area contributed by atoms with Crippen molar-refractivity contribution in [1.82, 2.24) is 5.32 Å². The molecular weight excluding hydrogens is 346 g/mol. The minimum absolute atomic E-state index is 0.0562. The number of nitro groups is 1. The first-order valence-electron chi connectivity index (χ1n) is 8.70. The molecular formula is C20H21N3O4. The molecule has 7 heteroatoms. The smallest absolute Gasteiger partial charge is 0.273 e. The van der Waals surface area contributed by atoms with E-state index in [0.717, 1.165) is 16.8 Å². The molecule has 0 spiro atoms. The summed E-state index contributed by atoms with van der Waals surface area (Å²) in [6.07, 6.45) is 0.201. The maximum atomic E-state index is 12.6. The second-order valence-electron chi connectivity index (χ2n) is 6.85. The van der Waals surface area contributed by atoms with Crippen LogP contribution in [0.15, 0.2) is 36.4 Å². The lowest BCUT2D eigenvalue weighted by atomic mass is 10.1. The lowest BCUT2D eigenvalue weighted by Crippen LogP contribution is -2.37. The second kappa shape index (κ2) is 7.19. The van der Waals surface area contributed by atoms with E-state index in [9.17, 15) is 19.7 Å². The maximum Gasteiger partial charge on any atom is 0.273 e. The van der Waals surface area contributed by atoms with Crippen LogP contribution in [0.25, 0.3) is 0 Å². The molecule has 0 aliphatic carbocycles. The molecule has 2 aromatic carbocycles. The fourth-order valence-corrected chi connectivity index (χ4v) is 3.28. The van der Waals surface area contributed by atoms with Gasteiger partial charge < -0.3 is 10.2 Å². The molecule has 140 valence electrons. The van der Waals surface area contributed by atoms with Gasteiger partial charge in [0.2, 0.25) is 5.91 Å². The number of nitro benzene ring substituents is 1. The Morgan fingerprint density at radius 3 is 2.59 bits per heavy atom. The van der Waals surface area contributed by atoms with Gasteiger partial charge in [-0.3, -0.25) is 19.7 Å². The highest BCUT2D eigenvalue weighted by atomic mass is 16.6. The molecule has 0 saturated carbocycles. The van der Waals surface area contributed by atoms with Gasteiger partial charge in [-0.05, 0) is 50.1 Å². The predicted octanol–water partition coefficient (Wildman–Crippen LogP) is 3.06. The average Bonchev–Trinajstić information content (AvgIpc) is 2.97. The molecule has 1 heterocycles. The third kappa shape index (κ3) is 3.67. The number of carbonyl (C=O) groups is 2. The summed E-state index contributed by atoms with van der Waals surface area (Å²) in [6, 6.07) is 9.89. The van der Waals surface area contributed by atoms with Crippen molar-refractivity contribution in [3.63, 3.8) is 0 Å². The molecule has 7 nitrogen and oxygen atoms in total. The molecule has 3 rings (SSSR count). The zero-order valence-corrected chi connectivity index (χ0v) is 15.5. The fraction of sp³-hybridized carbons (Fsp3) is 0.300. The molecule has 1 aliphatic heterocycles. The van der Waals surface area contributed by atoms with Crippen molar-refractivity contribution in [3.8, 4) is 0 Å². The summed E-state index contributed by atoms with van der Waals surface area (Å²) >= 11 is 0. The summed E-state index contributed by atoms with van der Waals surface area (Å²) in [5.74, 6) is -0.463. The van der Waals surface area contributed by atoms with Crippen molar-refractivity contribution in [2.45, 2.75) is 33.2 Å². The number of nitrogens with zero attached hydrogens (tertiary/aromatic N) is 2. The number of benzene rings is 2. The zero-order valence-electron chi connectivity index (χ0n) is 15.5. The van der Waals surface area contributed by atoms with Crippen LogP contribution < -0.4 is 10.2 Å². The van der Waals surface area contributed by atoms with Crippen LogP contribution in [0.4, 0.5) is 11.4 Å². The van der Waals surface area contributed by atoms with E-state index in [1.165, 1.54) is 12.1 Å². The largest absolute Gasteiger partial charge is 0.347 e. The predicted molar refractivity (Wildman–Crippen MR) is 102 cm³/mol. The zero-order chi connectivity index (χ0) is 19.7. The van der Waals surface area contributed by atoms with Gasteiger partial charge in [-0.2, -0.15) is 0 Å². The van der Waals surface area contributed by atoms with Crippen LogP contribution in [0.5, 0.6) is 0 Å². The van der Waals surface area contributed by atoms with Gasteiger partial charge in [-0.15, -0.1) is 0 Å². The van der Waals surface area contributed by atoms with Crippen molar-refractivity contribution in [2.24, 2.45) is 0 Å². The Bertz CT molecular complexity index is 939. The van der Waals surface area contributed by atoms with E-state index < -0.39 is 10.8 Å². The lowest BCUT2D eigenvalue weighted by molar-refractivity contribution is -0.385. The number of rotatable bonds is 4. The van der Waals surface area contributed by atoms with Gasteiger partial charge in [-0.1, -0.05) is 12.1 Å². The molecule has 0 radical (unpaired) electrons. The number of amides is 2. The summed E-state index contributed by atoms with van der Waals surface area (Å²) < 4.78 is 0. The fourth-order valence-electron chi connectivity index (χ4n) is 3.28. The first-order valence-corrected chi connectivity index (χ1v) is 8.70. The van der Waals surface area contributed by atoms with Crippen LogP contribution in [0.3, 0.4) is 0 Å². The highest BCUT2D eigenvalue weighted by Crippen LogP contribution is 2.25. The molecule has 1 aliphatic rings. The molecule has 1 atom stereocenters.